The molecule has 0 aliphatic heterocycles. The zero-order valence-electron chi connectivity index (χ0n) is 8.18. The smallest absolute Gasteiger partial charge is 0.113 e. The van der Waals surface area contributed by atoms with Gasteiger partial charge in [-0.25, -0.2) is 4.98 Å². The molecule has 1 saturated carbocycles. The topological polar surface area (TPSA) is 51.8 Å². The molecule has 1 aliphatic rings. The van der Waals surface area contributed by atoms with Crippen LogP contribution in [0.1, 0.15) is 17.8 Å². The molecular weight excluding hydrogens is 206 g/mol. The Morgan fingerprint density at radius 1 is 1.27 bits per heavy atom. The van der Waals surface area contributed by atoms with Gasteiger partial charge in [0.05, 0.1) is 16.9 Å². The fraction of sp³-hybridized carbons (Fsp3) is 0.273. The van der Waals surface area contributed by atoms with Crippen LogP contribution in [0.2, 0.25) is 0 Å². The molecule has 15 heavy (non-hydrogen) atoms. The lowest BCUT2D eigenvalue weighted by Crippen LogP contribution is -2.18. The Morgan fingerprint density at radius 2 is 2.13 bits per heavy atom. The summed E-state index contributed by atoms with van der Waals surface area (Å²) in [7, 11) is 0. The first-order valence-corrected chi connectivity index (χ1v) is 5.82. The fourth-order valence-electron chi connectivity index (χ4n) is 1.48. The van der Waals surface area contributed by atoms with Gasteiger partial charge in [-0.2, -0.15) is 0 Å². The maximum absolute atomic E-state index is 6.09. The van der Waals surface area contributed by atoms with Crippen LogP contribution in [0.5, 0.6) is 0 Å². The zero-order valence-corrected chi connectivity index (χ0v) is 9.00. The molecule has 3 rings (SSSR count). The molecule has 76 valence electrons. The minimum atomic E-state index is -0.127. The van der Waals surface area contributed by atoms with Crippen LogP contribution >= 0.6 is 11.3 Å². The monoisotopic (exact) mass is 217 g/mol. The van der Waals surface area contributed by atoms with Crippen LogP contribution in [0, 0.1) is 0 Å². The van der Waals surface area contributed by atoms with E-state index in [1.54, 1.807) is 17.5 Å². The SMILES string of the molecule is NC1(c2nc(-c3ccccn3)cs2)CC1. The van der Waals surface area contributed by atoms with E-state index in [-0.39, 0.29) is 5.54 Å². The first-order valence-electron chi connectivity index (χ1n) is 4.94. The molecule has 1 fully saturated rings. The maximum atomic E-state index is 6.09. The highest BCUT2D eigenvalue weighted by atomic mass is 32.1. The van der Waals surface area contributed by atoms with Gasteiger partial charge in [-0.3, -0.25) is 4.98 Å². The van der Waals surface area contributed by atoms with Crippen molar-refractivity contribution in [2.45, 2.75) is 18.4 Å². The van der Waals surface area contributed by atoms with E-state index in [0.29, 0.717) is 0 Å². The Hall–Kier alpha value is -1.26. The number of nitrogens with zero attached hydrogens (tertiary/aromatic N) is 2. The summed E-state index contributed by atoms with van der Waals surface area (Å²) < 4.78 is 0. The maximum Gasteiger partial charge on any atom is 0.113 e. The van der Waals surface area contributed by atoms with Gasteiger partial charge in [0.2, 0.25) is 0 Å². The van der Waals surface area contributed by atoms with E-state index in [9.17, 15) is 0 Å². The van der Waals surface area contributed by atoms with Crippen molar-refractivity contribution in [1.29, 1.82) is 0 Å². The molecule has 1 aliphatic carbocycles. The molecule has 2 aromatic heterocycles. The third kappa shape index (κ3) is 1.56. The van der Waals surface area contributed by atoms with Gasteiger partial charge in [-0.1, -0.05) is 6.07 Å². The average Bonchev–Trinajstić information content (AvgIpc) is 2.85. The Kier molecular flexibility index (Phi) is 1.87. The number of hydrogen-bond donors (Lipinski definition) is 1. The number of aromatic nitrogens is 2. The zero-order chi connectivity index (χ0) is 10.3. The predicted octanol–water partition coefficient (Wildman–Crippen LogP) is 2.15. The first kappa shape index (κ1) is 9.00. The van der Waals surface area contributed by atoms with Gasteiger partial charge in [0.25, 0.3) is 0 Å². The van der Waals surface area contributed by atoms with Crippen molar-refractivity contribution in [1.82, 2.24) is 9.97 Å². The second kappa shape index (κ2) is 3.12. The Balaban J connectivity index is 1.97. The molecule has 4 heteroatoms. The van der Waals surface area contributed by atoms with Crippen molar-refractivity contribution in [3.63, 3.8) is 0 Å². The lowest BCUT2D eigenvalue weighted by atomic mass is 10.3. The third-order valence-corrected chi connectivity index (χ3v) is 3.71. The van der Waals surface area contributed by atoms with Crippen LogP contribution in [0.25, 0.3) is 11.4 Å². The minimum absolute atomic E-state index is 0.127. The van der Waals surface area contributed by atoms with Crippen molar-refractivity contribution in [3.8, 4) is 11.4 Å². The van der Waals surface area contributed by atoms with Crippen molar-refractivity contribution in [2.24, 2.45) is 5.73 Å². The summed E-state index contributed by atoms with van der Waals surface area (Å²) in [5.41, 5.74) is 7.82. The highest BCUT2D eigenvalue weighted by Crippen LogP contribution is 2.44. The number of thiazole rings is 1. The van der Waals surface area contributed by atoms with E-state index in [1.807, 2.05) is 23.6 Å². The van der Waals surface area contributed by atoms with Gasteiger partial charge in [0.15, 0.2) is 0 Å². The summed E-state index contributed by atoms with van der Waals surface area (Å²) in [6.07, 6.45) is 3.90. The lowest BCUT2D eigenvalue weighted by Gasteiger charge is -2.01. The van der Waals surface area contributed by atoms with Crippen LogP contribution in [0.3, 0.4) is 0 Å². The molecule has 0 saturated heterocycles. The second-order valence-corrected chi connectivity index (χ2v) is 4.77. The number of rotatable bonds is 2. The number of hydrogen-bond acceptors (Lipinski definition) is 4. The quantitative estimate of drug-likeness (QED) is 0.838. The molecule has 0 spiro atoms. The fourth-order valence-corrected chi connectivity index (χ4v) is 2.47. The lowest BCUT2D eigenvalue weighted by molar-refractivity contribution is 0.732. The summed E-state index contributed by atoms with van der Waals surface area (Å²) in [6, 6.07) is 5.84. The third-order valence-electron chi connectivity index (χ3n) is 2.65. The molecule has 0 atom stereocenters. The van der Waals surface area contributed by atoms with Gasteiger partial charge in [0, 0.05) is 11.6 Å². The van der Waals surface area contributed by atoms with Crippen molar-refractivity contribution >= 4 is 11.3 Å². The highest BCUT2D eigenvalue weighted by Gasteiger charge is 2.42. The standard InChI is InChI=1S/C11H11N3S/c12-11(4-5-11)10-14-9(7-15-10)8-3-1-2-6-13-8/h1-3,6-7H,4-5,12H2. The Morgan fingerprint density at radius 3 is 2.80 bits per heavy atom. The van der Waals surface area contributed by atoms with Gasteiger partial charge in [0.1, 0.15) is 5.01 Å². The highest BCUT2D eigenvalue weighted by molar-refractivity contribution is 7.10. The molecule has 0 radical (unpaired) electrons. The van der Waals surface area contributed by atoms with Crippen molar-refractivity contribution < 1.29 is 0 Å². The molecule has 0 amide bonds. The second-order valence-electron chi connectivity index (χ2n) is 3.91. The minimum Gasteiger partial charge on any atom is -0.319 e. The predicted molar refractivity (Wildman–Crippen MR) is 60.4 cm³/mol. The van der Waals surface area contributed by atoms with Crippen LogP contribution < -0.4 is 5.73 Å². The largest absolute Gasteiger partial charge is 0.319 e. The molecule has 2 heterocycles. The van der Waals surface area contributed by atoms with Crippen LogP contribution in [-0.4, -0.2) is 9.97 Å². The van der Waals surface area contributed by atoms with Crippen LogP contribution in [-0.2, 0) is 5.54 Å². The molecular formula is C11H11N3S. The van der Waals surface area contributed by atoms with E-state index in [1.165, 1.54) is 0 Å². The van der Waals surface area contributed by atoms with Gasteiger partial charge >= 0.3 is 0 Å². The van der Waals surface area contributed by atoms with Crippen LogP contribution in [0.4, 0.5) is 0 Å². The van der Waals surface area contributed by atoms with Crippen molar-refractivity contribution in [3.05, 3.63) is 34.8 Å². The number of nitrogens with two attached hydrogens (primary N) is 1. The van der Waals surface area contributed by atoms with Gasteiger partial charge < -0.3 is 5.73 Å². The van der Waals surface area contributed by atoms with E-state index < -0.39 is 0 Å². The molecule has 3 nitrogen and oxygen atoms in total. The Labute approximate surface area is 92.0 Å². The van der Waals surface area contributed by atoms with E-state index >= 15 is 0 Å². The molecule has 2 N–H and O–H groups in total. The average molecular weight is 217 g/mol. The van der Waals surface area contributed by atoms with E-state index in [4.69, 9.17) is 5.73 Å². The normalized spacial score (nSPS) is 17.7. The van der Waals surface area contributed by atoms with Crippen molar-refractivity contribution in [2.75, 3.05) is 0 Å². The van der Waals surface area contributed by atoms with Gasteiger partial charge in [-0.05, 0) is 25.0 Å². The van der Waals surface area contributed by atoms with E-state index in [0.717, 1.165) is 29.2 Å². The summed E-state index contributed by atoms with van der Waals surface area (Å²) in [4.78, 5) is 8.81. The molecule has 0 bridgehead atoms. The first-order chi connectivity index (χ1) is 7.28. The summed E-state index contributed by atoms with van der Waals surface area (Å²) in [5.74, 6) is 0. The molecule has 0 unspecified atom stereocenters. The molecule has 2 aromatic rings. The van der Waals surface area contributed by atoms with E-state index in [2.05, 4.69) is 9.97 Å². The summed E-state index contributed by atoms with van der Waals surface area (Å²) in [6.45, 7) is 0. The van der Waals surface area contributed by atoms with Gasteiger partial charge in [-0.15, -0.1) is 11.3 Å². The number of pyridine rings is 1. The Bertz CT molecular complexity index is 474. The summed E-state index contributed by atoms with van der Waals surface area (Å²) >= 11 is 1.64. The molecule has 0 aromatic carbocycles. The van der Waals surface area contributed by atoms with Crippen LogP contribution in [0.15, 0.2) is 29.8 Å². The summed E-state index contributed by atoms with van der Waals surface area (Å²) in [5, 5.41) is 3.08.